The van der Waals surface area contributed by atoms with Crippen LogP contribution >= 0.6 is 0 Å². The van der Waals surface area contributed by atoms with Crippen LogP contribution in [0.15, 0.2) is 34.2 Å². The second-order valence-electron chi connectivity index (χ2n) is 5.46. The van der Waals surface area contributed by atoms with Crippen molar-refractivity contribution in [2.24, 2.45) is 10.9 Å². The molecule has 0 spiro atoms. The average Bonchev–Trinajstić information content (AvgIpc) is 2.40. The summed E-state index contributed by atoms with van der Waals surface area (Å²) in [5.41, 5.74) is 0.511. The summed E-state index contributed by atoms with van der Waals surface area (Å²) in [6, 6.07) is 7.22. The minimum Gasteiger partial charge on any atom is -0.314 e. The van der Waals surface area contributed by atoms with Gasteiger partial charge in [0.1, 0.15) is 11.2 Å². The van der Waals surface area contributed by atoms with Crippen LogP contribution in [0.1, 0.15) is 20.8 Å². The van der Waals surface area contributed by atoms with Crippen molar-refractivity contribution in [3.05, 3.63) is 24.3 Å². The number of rotatable bonds is 5. The third-order valence-corrected chi connectivity index (χ3v) is 4.91. The largest absolute Gasteiger partial charge is 0.314 e. The zero-order chi connectivity index (χ0) is 14.8. The summed E-state index contributed by atoms with van der Waals surface area (Å²) in [5.74, 6) is 0.212. The van der Waals surface area contributed by atoms with Crippen molar-refractivity contribution in [3.63, 3.8) is 0 Å². The molecule has 20 heavy (non-hydrogen) atoms. The third-order valence-electron chi connectivity index (χ3n) is 3.14. The molecule has 1 atom stereocenters. The number of benzene rings is 1. The number of nitrogens with zero attached hydrogens (tertiary/aromatic N) is 2. The monoisotopic (exact) mass is 295 g/mol. The van der Waals surface area contributed by atoms with Gasteiger partial charge in [0.2, 0.25) is 0 Å². The first-order valence-electron chi connectivity index (χ1n) is 6.79. The lowest BCUT2D eigenvalue weighted by molar-refractivity contribution is 0.415. The molecule has 0 fully saturated rings. The standard InChI is InChI=1S/C14H21N3O2S/c1-11(2)15-8-12(3)9-17-10-16-13-6-4-5-7-14(13)20(17,18)19/h4-7,10-12,15H,8-9H2,1-3H3. The molecule has 0 saturated heterocycles. The fourth-order valence-electron chi connectivity index (χ4n) is 2.05. The molecular formula is C14H21N3O2S. The van der Waals surface area contributed by atoms with Crippen LogP contribution < -0.4 is 5.32 Å². The zero-order valence-electron chi connectivity index (χ0n) is 12.1. The Morgan fingerprint density at radius 2 is 1.95 bits per heavy atom. The van der Waals surface area contributed by atoms with E-state index in [0.717, 1.165) is 6.54 Å². The molecule has 6 heteroatoms. The maximum Gasteiger partial charge on any atom is 0.267 e. The van der Waals surface area contributed by atoms with Crippen LogP contribution in [0, 0.1) is 5.92 Å². The van der Waals surface area contributed by atoms with Gasteiger partial charge in [0.05, 0.1) is 5.69 Å². The van der Waals surface area contributed by atoms with Crippen molar-refractivity contribution in [1.82, 2.24) is 9.62 Å². The zero-order valence-corrected chi connectivity index (χ0v) is 12.9. The Morgan fingerprint density at radius 1 is 1.25 bits per heavy atom. The van der Waals surface area contributed by atoms with Gasteiger partial charge >= 0.3 is 0 Å². The van der Waals surface area contributed by atoms with E-state index in [2.05, 4.69) is 24.2 Å². The molecule has 1 aliphatic rings. The fourth-order valence-corrected chi connectivity index (χ4v) is 3.56. The van der Waals surface area contributed by atoms with Crippen LogP contribution in [0.2, 0.25) is 0 Å². The molecule has 1 aromatic carbocycles. The van der Waals surface area contributed by atoms with Crippen LogP contribution in [0.25, 0.3) is 0 Å². The minimum atomic E-state index is -3.46. The molecule has 1 aliphatic heterocycles. The number of hydrogen-bond donors (Lipinski definition) is 1. The Labute approximate surface area is 120 Å². The predicted octanol–water partition coefficient (Wildman–Crippen LogP) is 1.98. The quantitative estimate of drug-likeness (QED) is 0.903. The Bertz CT molecular complexity index is 596. The summed E-state index contributed by atoms with van der Waals surface area (Å²) in [6.07, 6.45) is 1.42. The molecular weight excluding hydrogens is 274 g/mol. The molecule has 0 saturated carbocycles. The molecule has 5 nitrogen and oxygen atoms in total. The van der Waals surface area contributed by atoms with E-state index in [1.54, 1.807) is 24.3 Å². The maximum atomic E-state index is 12.5. The van der Waals surface area contributed by atoms with Gasteiger partial charge in [0.15, 0.2) is 0 Å². The molecule has 0 aromatic heterocycles. The highest BCUT2D eigenvalue weighted by Gasteiger charge is 2.29. The van der Waals surface area contributed by atoms with Gasteiger partial charge in [-0.1, -0.05) is 32.9 Å². The lowest BCUT2D eigenvalue weighted by Crippen LogP contribution is -2.39. The predicted molar refractivity (Wildman–Crippen MR) is 80.8 cm³/mol. The summed E-state index contributed by atoms with van der Waals surface area (Å²) in [6.45, 7) is 7.38. The summed E-state index contributed by atoms with van der Waals surface area (Å²) < 4.78 is 26.3. The van der Waals surface area contributed by atoms with Crippen LogP contribution in [0.3, 0.4) is 0 Å². The van der Waals surface area contributed by atoms with Crippen molar-refractivity contribution in [2.45, 2.75) is 31.7 Å². The van der Waals surface area contributed by atoms with Gasteiger partial charge in [-0.3, -0.25) is 4.31 Å². The molecule has 1 aromatic rings. The van der Waals surface area contributed by atoms with Crippen LogP contribution in [0.4, 0.5) is 5.69 Å². The average molecular weight is 295 g/mol. The van der Waals surface area contributed by atoms with Crippen molar-refractivity contribution in [3.8, 4) is 0 Å². The van der Waals surface area contributed by atoms with Crippen molar-refractivity contribution in [2.75, 3.05) is 13.1 Å². The van der Waals surface area contributed by atoms with Crippen LogP contribution in [-0.4, -0.2) is 38.2 Å². The highest BCUT2D eigenvalue weighted by molar-refractivity contribution is 7.89. The summed E-state index contributed by atoms with van der Waals surface area (Å²) >= 11 is 0. The molecule has 2 rings (SSSR count). The summed E-state index contributed by atoms with van der Waals surface area (Å²) in [5, 5.41) is 3.32. The normalized spacial score (nSPS) is 18.1. The Balaban J connectivity index is 2.12. The number of nitrogens with one attached hydrogen (secondary N) is 1. The van der Waals surface area contributed by atoms with E-state index in [1.165, 1.54) is 10.6 Å². The molecule has 1 N–H and O–H groups in total. The van der Waals surface area contributed by atoms with Crippen molar-refractivity contribution < 1.29 is 8.42 Å². The van der Waals surface area contributed by atoms with Gasteiger partial charge in [0, 0.05) is 12.6 Å². The van der Waals surface area contributed by atoms with Gasteiger partial charge in [-0.2, -0.15) is 0 Å². The number of aliphatic imine (C=N–C) groups is 1. The van der Waals surface area contributed by atoms with E-state index in [-0.39, 0.29) is 10.8 Å². The lowest BCUT2D eigenvalue weighted by Gasteiger charge is -2.27. The van der Waals surface area contributed by atoms with E-state index in [9.17, 15) is 8.42 Å². The highest BCUT2D eigenvalue weighted by atomic mass is 32.2. The Hall–Kier alpha value is -1.40. The molecule has 0 radical (unpaired) electrons. The van der Waals surface area contributed by atoms with Crippen molar-refractivity contribution >= 4 is 22.0 Å². The molecule has 0 aliphatic carbocycles. The number of sulfonamides is 1. The van der Waals surface area contributed by atoms with Crippen molar-refractivity contribution in [1.29, 1.82) is 0 Å². The first-order valence-corrected chi connectivity index (χ1v) is 8.23. The second kappa shape index (κ2) is 5.93. The topological polar surface area (TPSA) is 61.8 Å². The van der Waals surface area contributed by atoms with Gasteiger partial charge in [-0.05, 0) is 24.6 Å². The number of fused-ring (bicyclic) bond motifs is 1. The van der Waals surface area contributed by atoms with E-state index in [1.807, 2.05) is 6.92 Å². The second-order valence-corrected chi connectivity index (χ2v) is 7.31. The Kier molecular flexibility index (Phi) is 4.45. The molecule has 110 valence electrons. The molecule has 1 unspecified atom stereocenters. The summed E-state index contributed by atoms with van der Waals surface area (Å²) in [7, 11) is -3.46. The van der Waals surface area contributed by atoms with Gasteiger partial charge in [-0.15, -0.1) is 0 Å². The van der Waals surface area contributed by atoms with E-state index < -0.39 is 10.0 Å². The first-order chi connectivity index (χ1) is 9.41. The lowest BCUT2D eigenvalue weighted by atomic mass is 10.2. The smallest absolute Gasteiger partial charge is 0.267 e. The van der Waals surface area contributed by atoms with E-state index >= 15 is 0 Å². The number of hydrogen-bond acceptors (Lipinski definition) is 4. The van der Waals surface area contributed by atoms with E-state index in [0.29, 0.717) is 18.3 Å². The van der Waals surface area contributed by atoms with E-state index in [4.69, 9.17) is 0 Å². The third kappa shape index (κ3) is 3.19. The van der Waals surface area contributed by atoms with Gasteiger partial charge < -0.3 is 5.32 Å². The highest BCUT2D eigenvalue weighted by Crippen LogP contribution is 2.30. The molecule has 0 amide bonds. The molecule has 1 heterocycles. The first kappa shape index (κ1) is 15.0. The SMILES string of the molecule is CC(CNC(C)C)CN1C=Nc2ccccc2S1(=O)=O. The minimum absolute atomic E-state index is 0.212. The molecule has 0 bridgehead atoms. The maximum absolute atomic E-state index is 12.5. The van der Waals surface area contributed by atoms with Crippen LogP contribution in [0.5, 0.6) is 0 Å². The fraction of sp³-hybridized carbons (Fsp3) is 0.500. The van der Waals surface area contributed by atoms with Gasteiger partial charge in [0.25, 0.3) is 10.0 Å². The van der Waals surface area contributed by atoms with Gasteiger partial charge in [-0.25, -0.2) is 13.4 Å². The number of para-hydroxylation sites is 1. The van der Waals surface area contributed by atoms with Crippen LogP contribution in [-0.2, 0) is 10.0 Å². The Morgan fingerprint density at radius 3 is 2.65 bits per heavy atom. The summed E-state index contributed by atoms with van der Waals surface area (Å²) in [4.78, 5) is 4.50.